The third kappa shape index (κ3) is 1.65. The Hall–Kier alpha value is -1.88. The SMILES string of the molecule is CC1CC(N2C(=O)c3cccc(N)c3C2=O)CN1C. The van der Waals surface area contributed by atoms with Crippen LogP contribution in [0.4, 0.5) is 5.69 Å². The van der Waals surface area contributed by atoms with Gasteiger partial charge in [-0.05, 0) is 32.5 Å². The normalized spacial score (nSPS) is 27.2. The third-order valence-electron chi connectivity index (χ3n) is 4.21. The lowest BCUT2D eigenvalue weighted by Crippen LogP contribution is -2.41. The first-order valence-electron chi connectivity index (χ1n) is 6.47. The summed E-state index contributed by atoms with van der Waals surface area (Å²) in [5.74, 6) is -0.453. The van der Waals surface area contributed by atoms with Crippen molar-refractivity contribution in [2.24, 2.45) is 0 Å². The number of fused-ring (bicyclic) bond motifs is 1. The second kappa shape index (κ2) is 4.06. The number of imide groups is 1. The zero-order valence-electron chi connectivity index (χ0n) is 11.1. The lowest BCUT2D eigenvalue weighted by atomic mass is 10.1. The Bertz CT molecular complexity index is 560. The largest absolute Gasteiger partial charge is 0.398 e. The number of benzene rings is 1. The number of nitrogens with zero attached hydrogens (tertiary/aromatic N) is 2. The van der Waals surface area contributed by atoms with Crippen molar-refractivity contribution < 1.29 is 9.59 Å². The quantitative estimate of drug-likeness (QED) is 0.602. The summed E-state index contributed by atoms with van der Waals surface area (Å²) >= 11 is 0. The molecule has 0 saturated carbocycles. The maximum Gasteiger partial charge on any atom is 0.263 e. The molecule has 1 aromatic rings. The van der Waals surface area contributed by atoms with Crippen LogP contribution in [0.1, 0.15) is 34.1 Å². The van der Waals surface area contributed by atoms with Gasteiger partial charge in [0.05, 0.1) is 17.2 Å². The van der Waals surface area contributed by atoms with Crippen molar-refractivity contribution >= 4 is 17.5 Å². The number of nitrogen functional groups attached to an aromatic ring is 1. The molecule has 5 nitrogen and oxygen atoms in total. The number of likely N-dealkylation sites (tertiary alicyclic amines) is 1. The topological polar surface area (TPSA) is 66.6 Å². The summed E-state index contributed by atoms with van der Waals surface area (Å²) in [6, 6.07) is 5.38. The van der Waals surface area contributed by atoms with E-state index in [9.17, 15) is 9.59 Å². The molecule has 3 rings (SSSR count). The van der Waals surface area contributed by atoms with E-state index in [-0.39, 0.29) is 17.9 Å². The first-order valence-corrected chi connectivity index (χ1v) is 6.47. The summed E-state index contributed by atoms with van der Waals surface area (Å²) in [5, 5.41) is 0. The molecule has 2 atom stereocenters. The summed E-state index contributed by atoms with van der Waals surface area (Å²) in [7, 11) is 2.01. The van der Waals surface area contributed by atoms with Crippen molar-refractivity contribution in [1.29, 1.82) is 0 Å². The van der Waals surface area contributed by atoms with Crippen LogP contribution in [0.15, 0.2) is 18.2 Å². The summed E-state index contributed by atoms with van der Waals surface area (Å²) in [4.78, 5) is 28.4. The van der Waals surface area contributed by atoms with Crippen LogP contribution in [-0.2, 0) is 0 Å². The summed E-state index contributed by atoms with van der Waals surface area (Å²) in [6.45, 7) is 2.83. The Balaban J connectivity index is 1.98. The number of carbonyl (C=O) groups is 2. The minimum Gasteiger partial charge on any atom is -0.398 e. The van der Waals surface area contributed by atoms with Crippen LogP contribution in [0, 0.1) is 0 Å². The lowest BCUT2D eigenvalue weighted by Gasteiger charge is -2.21. The number of amides is 2. The van der Waals surface area contributed by atoms with Crippen LogP contribution in [0.5, 0.6) is 0 Å². The van der Waals surface area contributed by atoms with E-state index in [0.29, 0.717) is 22.9 Å². The maximum absolute atomic E-state index is 12.4. The number of likely N-dealkylation sites (N-methyl/N-ethyl adjacent to an activating group) is 1. The predicted octanol–water partition coefficient (Wildman–Crippen LogP) is 0.957. The first kappa shape index (κ1) is 12.2. The zero-order valence-corrected chi connectivity index (χ0v) is 11.1. The molecule has 1 saturated heterocycles. The summed E-state index contributed by atoms with van der Waals surface area (Å²) in [5.41, 5.74) is 7.02. The fourth-order valence-electron chi connectivity index (χ4n) is 3.01. The van der Waals surface area contributed by atoms with Crippen molar-refractivity contribution in [3.8, 4) is 0 Å². The Labute approximate surface area is 112 Å². The van der Waals surface area contributed by atoms with Crippen LogP contribution in [0.25, 0.3) is 0 Å². The van der Waals surface area contributed by atoms with E-state index in [1.807, 2.05) is 7.05 Å². The molecule has 1 fully saturated rings. The number of nitrogens with two attached hydrogens (primary N) is 1. The van der Waals surface area contributed by atoms with Crippen molar-refractivity contribution in [2.45, 2.75) is 25.4 Å². The molecule has 0 radical (unpaired) electrons. The fraction of sp³-hybridized carbons (Fsp3) is 0.429. The van der Waals surface area contributed by atoms with Gasteiger partial charge in [-0.15, -0.1) is 0 Å². The van der Waals surface area contributed by atoms with Crippen molar-refractivity contribution in [3.63, 3.8) is 0 Å². The molecule has 1 aromatic carbocycles. The average Bonchev–Trinajstić information content (AvgIpc) is 2.80. The predicted molar refractivity (Wildman–Crippen MR) is 71.9 cm³/mol. The molecular weight excluding hydrogens is 242 g/mol. The van der Waals surface area contributed by atoms with Crippen LogP contribution < -0.4 is 5.73 Å². The van der Waals surface area contributed by atoms with E-state index in [1.165, 1.54) is 4.90 Å². The van der Waals surface area contributed by atoms with Gasteiger partial charge in [0.2, 0.25) is 0 Å². The Morgan fingerprint density at radius 2 is 2.00 bits per heavy atom. The Morgan fingerprint density at radius 3 is 2.58 bits per heavy atom. The van der Waals surface area contributed by atoms with E-state index in [4.69, 9.17) is 5.73 Å². The lowest BCUT2D eigenvalue weighted by molar-refractivity contribution is 0.0591. The highest BCUT2D eigenvalue weighted by Gasteiger charge is 2.44. The van der Waals surface area contributed by atoms with Gasteiger partial charge >= 0.3 is 0 Å². The summed E-state index contributed by atoms with van der Waals surface area (Å²) in [6.07, 6.45) is 0.821. The smallest absolute Gasteiger partial charge is 0.263 e. The van der Waals surface area contributed by atoms with Gasteiger partial charge in [0.1, 0.15) is 0 Å². The first-order chi connectivity index (χ1) is 9.00. The van der Waals surface area contributed by atoms with Gasteiger partial charge in [-0.25, -0.2) is 0 Å². The van der Waals surface area contributed by atoms with Crippen molar-refractivity contribution in [3.05, 3.63) is 29.3 Å². The summed E-state index contributed by atoms with van der Waals surface area (Å²) < 4.78 is 0. The van der Waals surface area contributed by atoms with Crippen LogP contribution in [0.3, 0.4) is 0 Å². The molecule has 19 heavy (non-hydrogen) atoms. The second-order valence-electron chi connectivity index (χ2n) is 5.43. The van der Waals surface area contributed by atoms with Gasteiger partial charge in [-0.3, -0.25) is 14.5 Å². The third-order valence-corrected chi connectivity index (χ3v) is 4.21. The van der Waals surface area contributed by atoms with E-state index in [1.54, 1.807) is 18.2 Å². The highest BCUT2D eigenvalue weighted by atomic mass is 16.2. The molecule has 2 unspecified atom stereocenters. The molecule has 2 aliphatic heterocycles. The second-order valence-corrected chi connectivity index (χ2v) is 5.43. The molecular formula is C14H17N3O2. The van der Waals surface area contributed by atoms with E-state index in [0.717, 1.165) is 13.0 Å². The van der Waals surface area contributed by atoms with Crippen molar-refractivity contribution in [1.82, 2.24) is 9.80 Å². The zero-order chi connectivity index (χ0) is 13.7. The van der Waals surface area contributed by atoms with Gasteiger partial charge in [0.15, 0.2) is 0 Å². The molecule has 0 spiro atoms. The Kier molecular flexibility index (Phi) is 2.60. The average molecular weight is 259 g/mol. The monoisotopic (exact) mass is 259 g/mol. The Morgan fingerprint density at radius 1 is 1.26 bits per heavy atom. The number of carbonyl (C=O) groups excluding carboxylic acids is 2. The van der Waals surface area contributed by atoms with E-state index >= 15 is 0 Å². The maximum atomic E-state index is 12.4. The minimum absolute atomic E-state index is 0.0493. The van der Waals surface area contributed by atoms with Gasteiger partial charge in [-0.1, -0.05) is 6.07 Å². The van der Waals surface area contributed by atoms with Gasteiger partial charge < -0.3 is 10.6 Å². The van der Waals surface area contributed by atoms with Gasteiger partial charge in [0, 0.05) is 18.3 Å². The number of hydrogen-bond donors (Lipinski definition) is 1. The molecule has 5 heteroatoms. The van der Waals surface area contributed by atoms with E-state index in [2.05, 4.69) is 11.8 Å². The molecule has 2 heterocycles. The number of rotatable bonds is 1. The number of hydrogen-bond acceptors (Lipinski definition) is 4. The van der Waals surface area contributed by atoms with E-state index < -0.39 is 0 Å². The highest BCUT2D eigenvalue weighted by molar-refractivity contribution is 6.23. The highest BCUT2D eigenvalue weighted by Crippen LogP contribution is 2.32. The molecule has 0 aliphatic carbocycles. The van der Waals surface area contributed by atoms with Crippen LogP contribution in [0.2, 0.25) is 0 Å². The molecule has 0 aromatic heterocycles. The molecule has 100 valence electrons. The van der Waals surface area contributed by atoms with Gasteiger partial charge in [0.25, 0.3) is 11.8 Å². The van der Waals surface area contributed by atoms with Crippen LogP contribution in [-0.4, -0.2) is 47.3 Å². The number of anilines is 1. The van der Waals surface area contributed by atoms with Gasteiger partial charge in [-0.2, -0.15) is 0 Å². The molecule has 2 N–H and O–H groups in total. The van der Waals surface area contributed by atoms with Crippen LogP contribution >= 0.6 is 0 Å². The standard InChI is InChI=1S/C14H17N3O2/c1-8-6-9(7-16(8)2)17-13(18)10-4-3-5-11(15)12(10)14(17)19/h3-5,8-9H,6-7,15H2,1-2H3. The molecule has 2 amide bonds. The minimum atomic E-state index is -0.245. The molecule has 0 bridgehead atoms. The molecule has 2 aliphatic rings. The van der Waals surface area contributed by atoms with Crippen molar-refractivity contribution in [2.75, 3.05) is 19.3 Å². The fourth-order valence-corrected chi connectivity index (χ4v) is 3.01.